The number of hydrazine groups is 1. The molecular formula is C19H20F3N7O. The first-order valence-corrected chi connectivity index (χ1v) is 9.25. The maximum Gasteiger partial charge on any atom is 0.419 e. The number of nitrogen functional groups attached to an aromatic ring is 2. The van der Waals surface area contributed by atoms with Crippen LogP contribution in [0.15, 0.2) is 30.6 Å². The molecule has 1 saturated heterocycles. The molecule has 8 nitrogen and oxygen atoms in total. The maximum atomic E-state index is 13.2. The molecule has 1 aliphatic heterocycles. The van der Waals surface area contributed by atoms with Crippen molar-refractivity contribution in [2.75, 3.05) is 29.7 Å². The number of rotatable bonds is 3. The van der Waals surface area contributed by atoms with Crippen LogP contribution in [0.25, 0.3) is 22.3 Å². The van der Waals surface area contributed by atoms with E-state index in [1.807, 2.05) is 0 Å². The van der Waals surface area contributed by atoms with Crippen molar-refractivity contribution in [1.82, 2.24) is 15.0 Å². The molecule has 30 heavy (non-hydrogen) atoms. The molecule has 4 heterocycles. The monoisotopic (exact) mass is 419 g/mol. The van der Waals surface area contributed by atoms with Crippen LogP contribution in [0.4, 0.5) is 30.4 Å². The highest BCUT2D eigenvalue weighted by atomic mass is 19.4. The summed E-state index contributed by atoms with van der Waals surface area (Å²) >= 11 is 0. The SMILES string of the molecule is Nc1cnc2ccc(-c3cnc(N)c(C(F)(F)F)c3)nc2c1N(N)C1CCOCC1. The Kier molecular flexibility index (Phi) is 5.08. The zero-order valence-electron chi connectivity index (χ0n) is 15.9. The van der Waals surface area contributed by atoms with E-state index in [0.717, 1.165) is 18.9 Å². The van der Waals surface area contributed by atoms with E-state index in [1.165, 1.54) is 12.4 Å². The van der Waals surface area contributed by atoms with Gasteiger partial charge in [0.2, 0.25) is 0 Å². The van der Waals surface area contributed by atoms with E-state index < -0.39 is 17.6 Å². The van der Waals surface area contributed by atoms with Crippen LogP contribution in [-0.4, -0.2) is 34.2 Å². The lowest BCUT2D eigenvalue weighted by atomic mass is 10.1. The van der Waals surface area contributed by atoms with Crippen molar-refractivity contribution in [3.05, 3.63) is 36.2 Å². The van der Waals surface area contributed by atoms with Crippen molar-refractivity contribution in [3.8, 4) is 11.3 Å². The Balaban J connectivity index is 1.83. The van der Waals surface area contributed by atoms with Gasteiger partial charge in [0, 0.05) is 31.0 Å². The van der Waals surface area contributed by atoms with Gasteiger partial charge in [-0.25, -0.2) is 15.8 Å². The minimum atomic E-state index is -4.63. The molecule has 0 radical (unpaired) electrons. The Bertz CT molecular complexity index is 1080. The van der Waals surface area contributed by atoms with Gasteiger partial charge in [0.15, 0.2) is 0 Å². The Morgan fingerprint density at radius 2 is 1.80 bits per heavy atom. The number of hydrogen-bond donors (Lipinski definition) is 3. The van der Waals surface area contributed by atoms with Gasteiger partial charge in [-0.05, 0) is 31.0 Å². The van der Waals surface area contributed by atoms with Crippen molar-refractivity contribution in [2.24, 2.45) is 5.84 Å². The zero-order chi connectivity index (χ0) is 21.5. The van der Waals surface area contributed by atoms with Gasteiger partial charge in [-0.1, -0.05) is 0 Å². The predicted octanol–water partition coefficient (Wildman–Crippen LogP) is 2.73. The largest absolute Gasteiger partial charge is 0.419 e. The molecular weight excluding hydrogens is 399 g/mol. The lowest BCUT2D eigenvalue weighted by molar-refractivity contribution is -0.137. The third-order valence-electron chi connectivity index (χ3n) is 5.08. The van der Waals surface area contributed by atoms with Gasteiger partial charge in [-0.3, -0.25) is 4.98 Å². The molecule has 0 saturated carbocycles. The van der Waals surface area contributed by atoms with Crippen LogP contribution in [0.3, 0.4) is 0 Å². The van der Waals surface area contributed by atoms with Crippen LogP contribution in [0.1, 0.15) is 18.4 Å². The van der Waals surface area contributed by atoms with Gasteiger partial charge < -0.3 is 21.2 Å². The van der Waals surface area contributed by atoms with E-state index in [2.05, 4.69) is 15.0 Å². The number of aromatic nitrogens is 3. The second kappa shape index (κ2) is 7.58. The molecule has 6 N–H and O–H groups in total. The van der Waals surface area contributed by atoms with Crippen molar-refractivity contribution in [3.63, 3.8) is 0 Å². The summed E-state index contributed by atoms with van der Waals surface area (Å²) in [5, 5.41) is 1.56. The highest BCUT2D eigenvalue weighted by Gasteiger charge is 2.34. The van der Waals surface area contributed by atoms with Gasteiger partial charge in [0.05, 0.1) is 28.7 Å². The van der Waals surface area contributed by atoms with Gasteiger partial charge in [0.25, 0.3) is 0 Å². The van der Waals surface area contributed by atoms with Crippen molar-refractivity contribution < 1.29 is 17.9 Å². The Labute approximate surface area is 169 Å². The lowest BCUT2D eigenvalue weighted by Crippen LogP contribution is -2.45. The second-order valence-corrected chi connectivity index (χ2v) is 7.03. The summed E-state index contributed by atoms with van der Waals surface area (Å²) in [4.78, 5) is 12.5. The standard InChI is InChI=1S/C19H20F3N7O/c20-19(21,22)12-7-10(8-27-18(12)24)14-1-2-15-16(28-14)17(13(23)9-26-15)29(25)11-3-5-30-6-4-11/h1-2,7-9,11H,3-6,23,25H2,(H2,24,27). The lowest BCUT2D eigenvalue weighted by Gasteiger charge is -2.33. The van der Waals surface area contributed by atoms with Crippen LogP contribution in [0.2, 0.25) is 0 Å². The smallest absolute Gasteiger partial charge is 0.396 e. The average molecular weight is 419 g/mol. The molecule has 0 spiro atoms. The molecule has 0 unspecified atom stereocenters. The number of hydrogen-bond acceptors (Lipinski definition) is 8. The Morgan fingerprint density at radius 1 is 1.07 bits per heavy atom. The van der Waals surface area contributed by atoms with E-state index >= 15 is 0 Å². The quantitative estimate of drug-likeness (QED) is 0.437. The average Bonchev–Trinajstić information content (AvgIpc) is 2.73. The minimum Gasteiger partial charge on any atom is -0.396 e. The van der Waals surface area contributed by atoms with E-state index in [4.69, 9.17) is 22.0 Å². The van der Waals surface area contributed by atoms with Crippen LogP contribution in [0, 0.1) is 0 Å². The molecule has 0 aliphatic carbocycles. The molecule has 3 aromatic rings. The van der Waals surface area contributed by atoms with Gasteiger partial charge in [-0.2, -0.15) is 13.2 Å². The number of ether oxygens (including phenoxy) is 1. The first-order chi connectivity index (χ1) is 14.3. The van der Waals surface area contributed by atoms with Crippen LogP contribution in [-0.2, 0) is 10.9 Å². The topological polar surface area (TPSA) is 129 Å². The van der Waals surface area contributed by atoms with Gasteiger partial charge >= 0.3 is 6.18 Å². The zero-order valence-corrected chi connectivity index (χ0v) is 15.9. The Hall–Kier alpha value is -3.18. The van der Waals surface area contributed by atoms with Crippen LogP contribution < -0.4 is 22.3 Å². The molecule has 3 aromatic heterocycles. The van der Waals surface area contributed by atoms with E-state index in [9.17, 15) is 13.2 Å². The number of halogens is 3. The molecule has 0 bridgehead atoms. The molecule has 4 rings (SSSR count). The normalized spacial score (nSPS) is 15.5. The molecule has 0 aromatic carbocycles. The van der Waals surface area contributed by atoms with Crippen molar-refractivity contribution >= 4 is 28.2 Å². The summed E-state index contributed by atoms with van der Waals surface area (Å²) in [6.45, 7) is 1.16. The van der Waals surface area contributed by atoms with Crippen LogP contribution >= 0.6 is 0 Å². The molecule has 1 aliphatic rings. The Morgan fingerprint density at radius 3 is 2.50 bits per heavy atom. The number of nitrogens with two attached hydrogens (primary N) is 3. The minimum absolute atomic E-state index is 0.00729. The van der Waals surface area contributed by atoms with Gasteiger partial charge in [0.1, 0.15) is 17.0 Å². The number of alkyl halides is 3. The summed E-state index contributed by atoms with van der Waals surface area (Å²) in [6, 6.07) is 4.14. The highest BCUT2D eigenvalue weighted by molar-refractivity contribution is 5.95. The summed E-state index contributed by atoms with van der Waals surface area (Å²) < 4.78 is 45.1. The summed E-state index contributed by atoms with van der Waals surface area (Å²) in [6.07, 6.45) is -0.452. The third kappa shape index (κ3) is 3.68. The highest BCUT2D eigenvalue weighted by Crippen LogP contribution is 2.36. The third-order valence-corrected chi connectivity index (χ3v) is 5.08. The van der Waals surface area contributed by atoms with Crippen molar-refractivity contribution in [2.45, 2.75) is 25.1 Å². The van der Waals surface area contributed by atoms with E-state index in [-0.39, 0.29) is 17.3 Å². The second-order valence-electron chi connectivity index (χ2n) is 7.03. The fraction of sp³-hybridized carbons (Fsp3) is 0.316. The number of nitrogens with zero attached hydrogens (tertiary/aromatic N) is 4. The molecule has 158 valence electrons. The van der Waals surface area contributed by atoms with E-state index in [0.29, 0.717) is 35.6 Å². The fourth-order valence-corrected chi connectivity index (χ4v) is 3.49. The van der Waals surface area contributed by atoms with E-state index in [1.54, 1.807) is 17.1 Å². The summed E-state index contributed by atoms with van der Waals surface area (Å²) in [5.41, 5.74) is 12.7. The van der Waals surface area contributed by atoms with Crippen LogP contribution in [0.5, 0.6) is 0 Å². The number of anilines is 3. The summed E-state index contributed by atoms with van der Waals surface area (Å²) in [5.74, 6) is 5.79. The predicted molar refractivity (Wildman–Crippen MR) is 107 cm³/mol. The first-order valence-electron chi connectivity index (χ1n) is 9.25. The molecule has 11 heteroatoms. The number of fused-ring (bicyclic) bond motifs is 1. The maximum absolute atomic E-state index is 13.2. The first kappa shape index (κ1) is 20.1. The van der Waals surface area contributed by atoms with Crippen molar-refractivity contribution in [1.29, 1.82) is 0 Å². The summed E-state index contributed by atoms with van der Waals surface area (Å²) in [7, 11) is 0. The van der Waals surface area contributed by atoms with Gasteiger partial charge in [-0.15, -0.1) is 0 Å². The molecule has 1 fully saturated rings. The molecule has 0 amide bonds. The molecule has 0 atom stereocenters. The fourth-order valence-electron chi connectivity index (χ4n) is 3.49. The number of pyridine rings is 3.